The highest BCUT2D eigenvalue weighted by Gasteiger charge is 2.01. The molecule has 0 aliphatic heterocycles. The van der Waals surface area contributed by atoms with Gasteiger partial charge in [-0.15, -0.1) is 0 Å². The second-order valence-corrected chi connectivity index (χ2v) is 1.70. The quantitative estimate of drug-likeness (QED) is 0.347. The standard InChI is InChI=1S/C5H10N2O2/c1-3-5(9)6-7(2)4-8/h4H,3H2,1-2H3,(H,6,9)/p+1. The first-order valence-electron chi connectivity index (χ1n) is 2.79. The van der Waals surface area contributed by atoms with Crippen molar-refractivity contribution in [3.05, 3.63) is 0 Å². The van der Waals surface area contributed by atoms with Crippen molar-refractivity contribution in [3.8, 4) is 0 Å². The van der Waals surface area contributed by atoms with E-state index in [4.69, 9.17) is 0 Å². The second-order valence-electron chi connectivity index (χ2n) is 1.70. The second kappa shape index (κ2) is 4.03. The van der Waals surface area contributed by atoms with Crippen LogP contribution in [0.3, 0.4) is 0 Å². The van der Waals surface area contributed by atoms with E-state index in [0.29, 0.717) is 17.8 Å². The Morgan fingerprint density at radius 2 is 2.33 bits per heavy atom. The summed E-state index contributed by atoms with van der Waals surface area (Å²) in [6, 6.07) is 0. The molecule has 0 heterocycles. The molecule has 0 spiro atoms. The van der Waals surface area contributed by atoms with E-state index in [9.17, 15) is 9.59 Å². The molecule has 4 heteroatoms. The van der Waals surface area contributed by atoms with Crippen molar-refractivity contribution in [1.29, 1.82) is 0 Å². The van der Waals surface area contributed by atoms with E-state index in [1.54, 1.807) is 14.0 Å². The lowest BCUT2D eigenvalue weighted by Gasteiger charge is -2.03. The van der Waals surface area contributed by atoms with Crippen LogP contribution in [0.4, 0.5) is 0 Å². The van der Waals surface area contributed by atoms with Crippen molar-refractivity contribution in [2.75, 3.05) is 7.05 Å². The van der Waals surface area contributed by atoms with Gasteiger partial charge in [-0.3, -0.25) is 4.79 Å². The van der Waals surface area contributed by atoms with Gasteiger partial charge >= 0.3 is 6.41 Å². The molecule has 0 fully saturated rings. The molecule has 4 nitrogen and oxygen atoms in total. The fraction of sp³-hybridized carbons (Fsp3) is 0.600. The first-order chi connectivity index (χ1) is 4.20. The van der Waals surface area contributed by atoms with Gasteiger partial charge in [0.15, 0.2) is 0 Å². The Labute approximate surface area is 53.8 Å². The molecule has 0 aliphatic carbocycles. The number of carbonyl (C=O) groups excluding carboxylic acids is 2. The number of nitrogens with one attached hydrogen (secondary N) is 2. The minimum atomic E-state index is -0.125. The zero-order valence-electron chi connectivity index (χ0n) is 5.60. The number of amides is 2. The molecule has 0 aromatic carbocycles. The number of hydrogen-bond acceptors (Lipinski definition) is 2. The molecule has 0 aromatic heterocycles. The van der Waals surface area contributed by atoms with Gasteiger partial charge < -0.3 is 0 Å². The van der Waals surface area contributed by atoms with E-state index in [0.717, 1.165) is 0 Å². The van der Waals surface area contributed by atoms with Crippen LogP contribution >= 0.6 is 0 Å². The third-order valence-electron chi connectivity index (χ3n) is 0.834. The van der Waals surface area contributed by atoms with Gasteiger partial charge in [0.2, 0.25) is 0 Å². The molecule has 52 valence electrons. The molecule has 0 radical (unpaired) electrons. The Hall–Kier alpha value is -0.900. The SMILES string of the molecule is CCC(=O)N[NH+](C)C=O. The van der Waals surface area contributed by atoms with Crippen LogP contribution in [0.1, 0.15) is 13.3 Å². The largest absolute Gasteiger partial charge is 0.323 e. The molecule has 0 saturated carbocycles. The zero-order valence-corrected chi connectivity index (χ0v) is 5.60. The summed E-state index contributed by atoms with van der Waals surface area (Å²) in [6.07, 6.45) is 1.03. The predicted molar refractivity (Wildman–Crippen MR) is 31.4 cm³/mol. The highest BCUT2D eigenvalue weighted by molar-refractivity contribution is 5.74. The summed E-state index contributed by atoms with van der Waals surface area (Å²) in [6.45, 7) is 1.73. The van der Waals surface area contributed by atoms with Crippen LogP contribution in [0.15, 0.2) is 0 Å². The number of hydrogen-bond donors (Lipinski definition) is 2. The lowest BCUT2D eigenvalue weighted by molar-refractivity contribution is -0.827. The maximum atomic E-state index is 10.5. The van der Waals surface area contributed by atoms with Gasteiger partial charge in [-0.05, 0) is 0 Å². The highest BCUT2D eigenvalue weighted by Crippen LogP contribution is 1.67. The van der Waals surface area contributed by atoms with E-state index in [-0.39, 0.29) is 5.91 Å². The fourth-order valence-electron chi connectivity index (χ4n) is 0.338. The molecule has 0 aromatic rings. The zero-order chi connectivity index (χ0) is 7.28. The number of rotatable bonds is 3. The van der Waals surface area contributed by atoms with Gasteiger partial charge in [-0.25, -0.2) is 4.79 Å². The summed E-state index contributed by atoms with van der Waals surface area (Å²) in [5, 5.41) is 0.363. The molecule has 0 bridgehead atoms. The molecule has 1 unspecified atom stereocenters. The van der Waals surface area contributed by atoms with Crippen LogP contribution in [0, 0.1) is 0 Å². The minimum absolute atomic E-state index is 0.125. The smallest absolute Gasteiger partial charge is 0.270 e. The lowest BCUT2D eigenvalue weighted by Crippen LogP contribution is -3.15. The molecule has 9 heavy (non-hydrogen) atoms. The van der Waals surface area contributed by atoms with Crippen molar-refractivity contribution in [3.63, 3.8) is 0 Å². The average molecular weight is 131 g/mol. The highest BCUT2D eigenvalue weighted by atomic mass is 16.2. The fourth-order valence-corrected chi connectivity index (χ4v) is 0.338. The molecule has 2 N–H and O–H groups in total. The van der Waals surface area contributed by atoms with Crippen molar-refractivity contribution >= 4 is 12.3 Å². The summed E-state index contributed by atoms with van der Waals surface area (Å²) in [7, 11) is 1.56. The van der Waals surface area contributed by atoms with Gasteiger partial charge in [-0.1, -0.05) is 6.92 Å². The summed E-state index contributed by atoms with van der Waals surface area (Å²) in [5.41, 5.74) is 2.39. The molecular formula is C5H11N2O2+. The van der Waals surface area contributed by atoms with Crippen molar-refractivity contribution in [1.82, 2.24) is 5.43 Å². The van der Waals surface area contributed by atoms with E-state index in [1.807, 2.05) is 0 Å². The first kappa shape index (κ1) is 8.10. The summed E-state index contributed by atoms with van der Waals surface area (Å²) >= 11 is 0. The molecule has 0 saturated heterocycles. The van der Waals surface area contributed by atoms with E-state index in [2.05, 4.69) is 5.43 Å². The normalized spacial score (nSPS) is 12.2. The maximum Gasteiger partial charge on any atom is 0.323 e. The van der Waals surface area contributed by atoms with E-state index < -0.39 is 0 Å². The Bertz CT molecular complexity index is 114. The van der Waals surface area contributed by atoms with Crippen molar-refractivity contribution in [2.24, 2.45) is 0 Å². The third kappa shape index (κ3) is 3.66. The van der Waals surface area contributed by atoms with Gasteiger partial charge in [0.25, 0.3) is 5.91 Å². The molecule has 2 amide bonds. The Balaban J connectivity index is 3.46. The van der Waals surface area contributed by atoms with Crippen LogP contribution in [0.25, 0.3) is 0 Å². The van der Waals surface area contributed by atoms with Crippen LogP contribution in [0.2, 0.25) is 0 Å². The third-order valence-corrected chi connectivity index (χ3v) is 0.834. The molecule has 1 atom stereocenters. The summed E-state index contributed by atoms with van der Waals surface area (Å²) < 4.78 is 0. The predicted octanol–water partition coefficient (Wildman–Crippen LogP) is -1.90. The van der Waals surface area contributed by atoms with E-state index >= 15 is 0 Å². The lowest BCUT2D eigenvalue weighted by atomic mass is 10.5. The Morgan fingerprint density at radius 1 is 1.78 bits per heavy atom. The number of quaternary nitrogens is 1. The van der Waals surface area contributed by atoms with Crippen molar-refractivity contribution < 1.29 is 14.6 Å². The van der Waals surface area contributed by atoms with Crippen molar-refractivity contribution in [2.45, 2.75) is 13.3 Å². The number of carbonyl (C=O) groups is 2. The summed E-state index contributed by atoms with van der Waals surface area (Å²) in [4.78, 5) is 20.4. The van der Waals surface area contributed by atoms with Gasteiger partial charge in [0, 0.05) is 6.42 Å². The summed E-state index contributed by atoms with van der Waals surface area (Å²) in [5.74, 6) is -0.125. The van der Waals surface area contributed by atoms with Crippen LogP contribution in [0.5, 0.6) is 0 Å². The van der Waals surface area contributed by atoms with Crippen LogP contribution in [-0.4, -0.2) is 19.4 Å². The maximum absolute atomic E-state index is 10.5. The Kier molecular flexibility index (Phi) is 3.62. The topological polar surface area (TPSA) is 50.6 Å². The first-order valence-corrected chi connectivity index (χ1v) is 2.79. The van der Waals surface area contributed by atoms with Gasteiger partial charge in [0.1, 0.15) is 0 Å². The van der Waals surface area contributed by atoms with Gasteiger partial charge in [0.05, 0.1) is 7.05 Å². The average Bonchev–Trinajstić information content (AvgIpc) is 1.87. The van der Waals surface area contributed by atoms with Gasteiger partial charge in [-0.2, -0.15) is 10.4 Å². The molecule has 0 rings (SSSR count). The van der Waals surface area contributed by atoms with E-state index in [1.165, 1.54) is 0 Å². The van der Waals surface area contributed by atoms with Crippen LogP contribution in [-0.2, 0) is 9.59 Å². The van der Waals surface area contributed by atoms with Crippen LogP contribution < -0.4 is 10.4 Å². The monoisotopic (exact) mass is 131 g/mol. The molecule has 0 aliphatic rings. The minimum Gasteiger partial charge on any atom is -0.270 e. The Morgan fingerprint density at radius 3 is 2.67 bits per heavy atom. The molecular weight excluding hydrogens is 120 g/mol.